The summed E-state index contributed by atoms with van der Waals surface area (Å²) in [5.74, 6) is 0.896. The summed E-state index contributed by atoms with van der Waals surface area (Å²) in [7, 11) is 1.62. The Balaban J connectivity index is 1.44. The largest absolute Gasteiger partial charge is 0.497 e. The Labute approximate surface area is 239 Å². The molecule has 8 heteroatoms. The molecule has 208 valence electrons. The van der Waals surface area contributed by atoms with Crippen molar-refractivity contribution in [1.82, 2.24) is 14.5 Å². The Morgan fingerprint density at radius 2 is 1.68 bits per heavy atom. The Hall–Kier alpha value is -5.11. The second kappa shape index (κ2) is 12.4. The summed E-state index contributed by atoms with van der Waals surface area (Å²) in [6.45, 7) is 4.34. The van der Waals surface area contributed by atoms with E-state index in [1.54, 1.807) is 19.2 Å². The molecule has 0 radical (unpaired) electrons. The van der Waals surface area contributed by atoms with Crippen molar-refractivity contribution in [3.8, 4) is 22.7 Å². The molecule has 5 rings (SSSR count). The standard InChI is InChI=1S/C33H32N4O4/c1-23(2)25-11-15-27(16-12-25)37-21-29(26-13-17-28(40-3)18-14-26)34-33(37)35-31(38)22-36(20-24-8-5-4-6-9-24)32(39)30-10-7-19-41-30/h4-19,21,23H,20,22H2,1-3H3,(H,34,35,38). The van der Waals surface area contributed by atoms with Gasteiger partial charge in [0.1, 0.15) is 12.3 Å². The highest BCUT2D eigenvalue weighted by molar-refractivity contribution is 5.97. The van der Waals surface area contributed by atoms with Crippen molar-refractivity contribution < 1.29 is 18.7 Å². The number of nitrogens with one attached hydrogen (secondary N) is 1. The highest BCUT2D eigenvalue weighted by Gasteiger charge is 2.23. The first-order chi connectivity index (χ1) is 19.9. The second-order valence-electron chi connectivity index (χ2n) is 9.97. The maximum atomic E-state index is 13.4. The van der Waals surface area contributed by atoms with Crippen molar-refractivity contribution in [2.45, 2.75) is 26.3 Å². The van der Waals surface area contributed by atoms with Crippen molar-refractivity contribution in [2.75, 3.05) is 19.0 Å². The third kappa shape index (κ3) is 6.55. The lowest BCUT2D eigenvalue weighted by Gasteiger charge is -2.21. The maximum absolute atomic E-state index is 13.4. The topological polar surface area (TPSA) is 89.6 Å². The van der Waals surface area contributed by atoms with E-state index in [1.807, 2.05) is 77.5 Å². The molecule has 0 spiro atoms. The van der Waals surface area contributed by atoms with E-state index in [4.69, 9.17) is 14.1 Å². The SMILES string of the molecule is COc1ccc(-c2cn(-c3ccc(C(C)C)cc3)c(NC(=O)CN(Cc3ccccc3)C(=O)c3ccco3)n2)cc1. The fourth-order valence-corrected chi connectivity index (χ4v) is 4.48. The van der Waals surface area contributed by atoms with E-state index >= 15 is 0 Å². The zero-order valence-corrected chi connectivity index (χ0v) is 23.3. The van der Waals surface area contributed by atoms with Crippen LogP contribution >= 0.6 is 0 Å². The third-order valence-corrected chi connectivity index (χ3v) is 6.75. The molecule has 0 bridgehead atoms. The van der Waals surface area contributed by atoms with Crippen molar-refractivity contribution in [2.24, 2.45) is 0 Å². The van der Waals surface area contributed by atoms with Crippen molar-refractivity contribution in [1.29, 1.82) is 0 Å². The normalized spacial score (nSPS) is 10.9. The van der Waals surface area contributed by atoms with Gasteiger partial charge in [0.05, 0.1) is 19.1 Å². The Bertz CT molecular complexity index is 1590. The summed E-state index contributed by atoms with van der Waals surface area (Å²) in [5, 5.41) is 2.94. The number of anilines is 1. The van der Waals surface area contributed by atoms with Gasteiger partial charge in [-0.05, 0) is 65.6 Å². The fraction of sp³-hybridized carbons (Fsp3) is 0.182. The van der Waals surface area contributed by atoms with Gasteiger partial charge in [0.15, 0.2) is 5.76 Å². The number of rotatable bonds is 10. The predicted molar refractivity (Wildman–Crippen MR) is 158 cm³/mol. The average molecular weight is 549 g/mol. The van der Waals surface area contributed by atoms with Crippen molar-refractivity contribution >= 4 is 17.8 Å². The van der Waals surface area contributed by atoms with Gasteiger partial charge < -0.3 is 14.1 Å². The molecule has 0 atom stereocenters. The lowest BCUT2D eigenvalue weighted by molar-refractivity contribution is -0.117. The quantitative estimate of drug-likeness (QED) is 0.214. The van der Waals surface area contributed by atoms with Crippen LogP contribution in [-0.4, -0.2) is 39.9 Å². The molecule has 3 aromatic carbocycles. The van der Waals surface area contributed by atoms with E-state index < -0.39 is 0 Å². The summed E-state index contributed by atoms with van der Waals surface area (Å²) in [6.07, 6.45) is 3.33. The molecule has 0 aliphatic carbocycles. The average Bonchev–Trinajstić information content (AvgIpc) is 3.68. The number of hydrogen-bond donors (Lipinski definition) is 1. The number of methoxy groups -OCH3 is 1. The molecule has 41 heavy (non-hydrogen) atoms. The van der Waals surface area contributed by atoms with Crippen LogP contribution in [0, 0.1) is 0 Å². The molecule has 0 saturated heterocycles. The van der Waals surface area contributed by atoms with Gasteiger partial charge in [-0.2, -0.15) is 0 Å². The van der Waals surface area contributed by atoms with Crippen LogP contribution in [0.2, 0.25) is 0 Å². The van der Waals surface area contributed by atoms with Crippen LogP contribution in [0.4, 0.5) is 5.95 Å². The monoisotopic (exact) mass is 548 g/mol. The molecule has 0 fully saturated rings. The first-order valence-electron chi connectivity index (χ1n) is 13.4. The van der Waals surface area contributed by atoms with Crippen LogP contribution in [-0.2, 0) is 11.3 Å². The number of hydrogen-bond acceptors (Lipinski definition) is 5. The molecule has 5 aromatic rings. The summed E-state index contributed by atoms with van der Waals surface area (Å²) in [5.41, 5.74) is 4.52. The molecule has 2 aromatic heterocycles. The molecule has 0 aliphatic heterocycles. The number of ether oxygens (including phenoxy) is 1. The van der Waals surface area contributed by atoms with Gasteiger partial charge in [0.2, 0.25) is 11.9 Å². The van der Waals surface area contributed by atoms with Gasteiger partial charge in [-0.1, -0.05) is 56.3 Å². The number of carbonyl (C=O) groups is 2. The minimum absolute atomic E-state index is 0.169. The number of amides is 2. The minimum atomic E-state index is -0.382. The van der Waals surface area contributed by atoms with E-state index in [1.165, 1.54) is 16.7 Å². The van der Waals surface area contributed by atoms with Gasteiger partial charge in [-0.25, -0.2) is 4.98 Å². The van der Waals surface area contributed by atoms with Crippen molar-refractivity contribution in [3.05, 3.63) is 120 Å². The van der Waals surface area contributed by atoms with Crippen LogP contribution in [0.1, 0.15) is 41.4 Å². The van der Waals surface area contributed by atoms with Crippen LogP contribution in [0.3, 0.4) is 0 Å². The molecule has 0 saturated carbocycles. The van der Waals surface area contributed by atoms with Crippen LogP contribution in [0.15, 0.2) is 108 Å². The van der Waals surface area contributed by atoms with Crippen LogP contribution in [0.5, 0.6) is 5.75 Å². The van der Waals surface area contributed by atoms with Gasteiger partial charge in [0, 0.05) is 24.0 Å². The lowest BCUT2D eigenvalue weighted by Crippen LogP contribution is -2.37. The number of aromatic nitrogens is 2. The number of carbonyl (C=O) groups excluding carboxylic acids is 2. The van der Waals surface area contributed by atoms with Crippen molar-refractivity contribution in [3.63, 3.8) is 0 Å². The molecular formula is C33H32N4O4. The van der Waals surface area contributed by atoms with Gasteiger partial charge >= 0.3 is 0 Å². The number of benzene rings is 3. The Morgan fingerprint density at radius 1 is 0.951 bits per heavy atom. The zero-order chi connectivity index (χ0) is 28.8. The minimum Gasteiger partial charge on any atom is -0.497 e. The Morgan fingerprint density at radius 3 is 2.32 bits per heavy atom. The first-order valence-corrected chi connectivity index (χ1v) is 13.4. The van der Waals surface area contributed by atoms with E-state index in [-0.39, 0.29) is 30.7 Å². The summed E-state index contributed by atoms with van der Waals surface area (Å²) in [6, 6.07) is 28.5. The predicted octanol–water partition coefficient (Wildman–Crippen LogP) is 6.55. The summed E-state index contributed by atoms with van der Waals surface area (Å²) < 4.78 is 12.5. The van der Waals surface area contributed by atoms with E-state index in [0.29, 0.717) is 17.6 Å². The van der Waals surface area contributed by atoms with Gasteiger partial charge in [-0.3, -0.25) is 19.5 Å². The maximum Gasteiger partial charge on any atom is 0.290 e. The molecule has 2 amide bonds. The molecule has 0 aliphatic rings. The van der Waals surface area contributed by atoms with E-state index in [0.717, 1.165) is 22.6 Å². The van der Waals surface area contributed by atoms with Gasteiger partial charge in [-0.15, -0.1) is 0 Å². The second-order valence-corrected chi connectivity index (χ2v) is 9.97. The number of furan rings is 1. The van der Waals surface area contributed by atoms with E-state index in [2.05, 4.69) is 31.3 Å². The lowest BCUT2D eigenvalue weighted by atomic mass is 10.0. The number of imidazole rings is 1. The highest BCUT2D eigenvalue weighted by atomic mass is 16.5. The van der Waals surface area contributed by atoms with Crippen LogP contribution in [0.25, 0.3) is 16.9 Å². The fourth-order valence-electron chi connectivity index (χ4n) is 4.48. The van der Waals surface area contributed by atoms with E-state index in [9.17, 15) is 9.59 Å². The molecule has 2 heterocycles. The zero-order valence-electron chi connectivity index (χ0n) is 23.3. The molecule has 0 unspecified atom stereocenters. The first kappa shape index (κ1) is 27.5. The smallest absolute Gasteiger partial charge is 0.290 e. The molecular weight excluding hydrogens is 516 g/mol. The summed E-state index contributed by atoms with van der Waals surface area (Å²) >= 11 is 0. The summed E-state index contributed by atoms with van der Waals surface area (Å²) in [4.78, 5) is 32.9. The highest BCUT2D eigenvalue weighted by Crippen LogP contribution is 2.27. The number of nitrogens with zero attached hydrogens (tertiary/aromatic N) is 3. The van der Waals surface area contributed by atoms with Gasteiger partial charge in [0.25, 0.3) is 5.91 Å². The molecule has 8 nitrogen and oxygen atoms in total. The third-order valence-electron chi connectivity index (χ3n) is 6.75. The van der Waals surface area contributed by atoms with Crippen LogP contribution < -0.4 is 10.1 Å². The molecule has 1 N–H and O–H groups in total. The Kier molecular flexibility index (Phi) is 8.29.